The van der Waals surface area contributed by atoms with Gasteiger partial charge in [-0.05, 0) is 36.4 Å². The highest BCUT2D eigenvalue weighted by atomic mass is 35.5. The molecule has 3 aromatic carbocycles. The third-order valence-electron chi connectivity index (χ3n) is 5.16. The zero-order valence-electron chi connectivity index (χ0n) is 17.3. The number of alkyl halides is 6. The Hall–Kier alpha value is -3.79. The predicted molar refractivity (Wildman–Crippen MR) is 118 cm³/mol. The molecule has 4 nitrogen and oxygen atoms in total. The highest BCUT2D eigenvalue weighted by Crippen LogP contribution is 2.38. The first-order chi connectivity index (χ1) is 16.4. The second-order valence-electron chi connectivity index (χ2n) is 7.47. The van der Waals surface area contributed by atoms with E-state index in [1.165, 1.54) is 30.3 Å². The largest absolute Gasteiger partial charge is 0.417 e. The van der Waals surface area contributed by atoms with Gasteiger partial charge in [0.05, 0.1) is 22.4 Å². The van der Waals surface area contributed by atoms with Gasteiger partial charge in [-0.25, -0.2) is 0 Å². The fraction of sp³-hybridized carbons (Fsp3) is 0.0833. The molecule has 4 rings (SSSR count). The van der Waals surface area contributed by atoms with Gasteiger partial charge in [0.25, 0.3) is 5.91 Å². The summed E-state index contributed by atoms with van der Waals surface area (Å²) in [6, 6.07) is 12.9. The van der Waals surface area contributed by atoms with E-state index in [-0.39, 0.29) is 33.4 Å². The number of hydrogen-bond donors (Lipinski definition) is 2. The van der Waals surface area contributed by atoms with Crippen LogP contribution in [0.15, 0.2) is 66.7 Å². The number of aromatic amines is 1. The van der Waals surface area contributed by atoms with E-state index in [9.17, 15) is 35.9 Å². The summed E-state index contributed by atoms with van der Waals surface area (Å²) < 4.78 is 79.6. The second kappa shape index (κ2) is 8.77. The van der Waals surface area contributed by atoms with Crippen LogP contribution in [0.2, 0.25) is 5.02 Å². The summed E-state index contributed by atoms with van der Waals surface area (Å²) in [5, 5.41) is 2.83. The predicted octanol–water partition coefficient (Wildman–Crippen LogP) is 7.34. The normalized spacial score (nSPS) is 12.1. The first-order valence-corrected chi connectivity index (χ1v) is 10.2. The van der Waals surface area contributed by atoms with E-state index >= 15 is 0 Å². The standard InChI is InChI=1S/C24H13ClF6N2O2/c25-14-7-9-16-18(11-14)32-20(21(34)12-4-2-1-3-5-12)19(16)33-22(35)15-8-6-13(23(26,27)28)10-17(15)24(29,30)31/h1-11,32H,(H,33,35). The molecule has 0 spiro atoms. The van der Waals surface area contributed by atoms with Gasteiger partial charge in [-0.3, -0.25) is 9.59 Å². The Kier molecular flexibility index (Phi) is 6.10. The number of benzene rings is 3. The maximum atomic E-state index is 13.6. The van der Waals surface area contributed by atoms with Crippen molar-refractivity contribution in [2.45, 2.75) is 12.4 Å². The highest BCUT2D eigenvalue weighted by Gasteiger charge is 2.39. The number of halogens is 7. The van der Waals surface area contributed by atoms with Gasteiger partial charge in [-0.2, -0.15) is 26.3 Å². The molecular weight excluding hydrogens is 498 g/mol. The molecule has 0 aliphatic carbocycles. The van der Waals surface area contributed by atoms with Crippen LogP contribution in [0.1, 0.15) is 37.5 Å². The summed E-state index contributed by atoms with van der Waals surface area (Å²) in [6.45, 7) is 0. The van der Waals surface area contributed by atoms with E-state index in [0.29, 0.717) is 17.6 Å². The van der Waals surface area contributed by atoms with Crippen molar-refractivity contribution in [3.63, 3.8) is 0 Å². The van der Waals surface area contributed by atoms with Crippen molar-refractivity contribution in [1.29, 1.82) is 0 Å². The number of rotatable bonds is 4. The minimum Gasteiger partial charge on any atom is -0.350 e. The van der Waals surface area contributed by atoms with Crippen molar-refractivity contribution in [2.75, 3.05) is 5.32 Å². The van der Waals surface area contributed by atoms with Crippen LogP contribution in [0.25, 0.3) is 10.9 Å². The maximum Gasteiger partial charge on any atom is 0.417 e. The molecule has 0 aliphatic heterocycles. The number of carbonyl (C=O) groups is 2. The number of anilines is 1. The third kappa shape index (κ3) is 4.88. The molecule has 4 aromatic rings. The fourth-order valence-electron chi connectivity index (χ4n) is 3.54. The third-order valence-corrected chi connectivity index (χ3v) is 5.39. The molecule has 0 radical (unpaired) electrons. The van der Waals surface area contributed by atoms with Crippen LogP contribution in [0.5, 0.6) is 0 Å². The van der Waals surface area contributed by atoms with Crippen molar-refractivity contribution < 1.29 is 35.9 Å². The molecule has 35 heavy (non-hydrogen) atoms. The molecule has 0 fully saturated rings. The maximum absolute atomic E-state index is 13.6. The fourth-order valence-corrected chi connectivity index (χ4v) is 3.71. The van der Waals surface area contributed by atoms with Crippen molar-refractivity contribution in [2.24, 2.45) is 0 Å². The molecule has 0 aliphatic rings. The molecule has 180 valence electrons. The zero-order valence-corrected chi connectivity index (χ0v) is 18.1. The first kappa shape index (κ1) is 24.3. The molecule has 11 heteroatoms. The van der Waals surface area contributed by atoms with E-state index in [2.05, 4.69) is 10.3 Å². The van der Waals surface area contributed by atoms with Gasteiger partial charge >= 0.3 is 12.4 Å². The number of fused-ring (bicyclic) bond motifs is 1. The van der Waals surface area contributed by atoms with Crippen molar-refractivity contribution in [1.82, 2.24) is 4.98 Å². The summed E-state index contributed by atoms with van der Waals surface area (Å²) in [5.74, 6) is -1.92. The van der Waals surface area contributed by atoms with Crippen LogP contribution in [-0.2, 0) is 12.4 Å². The Morgan fingerprint density at radius 3 is 2.14 bits per heavy atom. The summed E-state index contributed by atoms with van der Waals surface area (Å²) in [4.78, 5) is 28.8. The molecule has 1 amide bonds. The number of H-pyrrole nitrogens is 1. The van der Waals surface area contributed by atoms with Crippen LogP contribution in [0.3, 0.4) is 0 Å². The number of ketones is 1. The topological polar surface area (TPSA) is 62.0 Å². The van der Waals surface area contributed by atoms with E-state index in [1.54, 1.807) is 18.2 Å². The van der Waals surface area contributed by atoms with Gasteiger partial charge < -0.3 is 10.3 Å². The monoisotopic (exact) mass is 510 g/mol. The Balaban J connectivity index is 1.83. The highest BCUT2D eigenvalue weighted by molar-refractivity contribution is 6.31. The Morgan fingerprint density at radius 1 is 0.829 bits per heavy atom. The number of aromatic nitrogens is 1. The number of nitrogens with one attached hydrogen (secondary N) is 2. The lowest BCUT2D eigenvalue weighted by Gasteiger charge is -2.16. The van der Waals surface area contributed by atoms with Gasteiger partial charge in [0, 0.05) is 21.5 Å². The molecule has 0 saturated heterocycles. The molecular formula is C24H13ClF6N2O2. The first-order valence-electron chi connectivity index (χ1n) is 9.87. The lowest BCUT2D eigenvalue weighted by molar-refractivity contribution is -0.143. The van der Waals surface area contributed by atoms with Crippen LogP contribution in [-0.4, -0.2) is 16.7 Å². The van der Waals surface area contributed by atoms with Crippen LogP contribution < -0.4 is 5.32 Å². The summed E-state index contributed by atoms with van der Waals surface area (Å²) in [5.41, 5.74) is -4.08. The molecule has 1 aromatic heterocycles. The minimum absolute atomic E-state index is 0.125. The Labute approximate surface area is 198 Å². The molecule has 0 atom stereocenters. The van der Waals surface area contributed by atoms with Crippen molar-refractivity contribution >= 4 is 39.9 Å². The quantitative estimate of drug-likeness (QED) is 0.223. The minimum atomic E-state index is -5.25. The number of carbonyl (C=O) groups excluding carboxylic acids is 2. The number of amides is 1. The second-order valence-corrected chi connectivity index (χ2v) is 7.91. The van der Waals surface area contributed by atoms with Gasteiger partial charge in [0.2, 0.25) is 5.78 Å². The zero-order chi connectivity index (χ0) is 25.5. The van der Waals surface area contributed by atoms with Gasteiger partial charge in [-0.1, -0.05) is 41.9 Å². The van der Waals surface area contributed by atoms with Crippen molar-refractivity contribution in [3.8, 4) is 0 Å². The lowest BCUT2D eigenvalue weighted by atomic mass is 10.0. The van der Waals surface area contributed by atoms with E-state index in [4.69, 9.17) is 11.6 Å². The van der Waals surface area contributed by atoms with Gasteiger partial charge in [0.1, 0.15) is 5.69 Å². The summed E-state index contributed by atoms with van der Waals surface area (Å²) in [6.07, 6.45) is -10.3. The molecule has 1 heterocycles. The summed E-state index contributed by atoms with van der Waals surface area (Å²) in [7, 11) is 0. The number of hydrogen-bond acceptors (Lipinski definition) is 2. The summed E-state index contributed by atoms with van der Waals surface area (Å²) >= 11 is 5.99. The lowest BCUT2D eigenvalue weighted by Crippen LogP contribution is -2.21. The van der Waals surface area contributed by atoms with E-state index in [0.717, 1.165) is 0 Å². The van der Waals surface area contributed by atoms with E-state index in [1.807, 2.05) is 0 Å². The average Bonchev–Trinajstić information content (AvgIpc) is 3.14. The van der Waals surface area contributed by atoms with Gasteiger partial charge in [-0.15, -0.1) is 0 Å². The molecule has 0 bridgehead atoms. The van der Waals surface area contributed by atoms with Crippen LogP contribution in [0.4, 0.5) is 32.0 Å². The van der Waals surface area contributed by atoms with E-state index < -0.39 is 40.7 Å². The van der Waals surface area contributed by atoms with Gasteiger partial charge in [0.15, 0.2) is 0 Å². The van der Waals surface area contributed by atoms with Crippen LogP contribution >= 0.6 is 11.6 Å². The molecule has 0 unspecified atom stereocenters. The SMILES string of the molecule is O=C(Nc1c(C(=O)c2ccccc2)[nH]c2cc(Cl)ccc12)c1ccc(C(F)(F)F)cc1C(F)(F)F. The van der Waals surface area contributed by atoms with Crippen molar-refractivity contribution in [3.05, 3.63) is 99.7 Å². The van der Waals surface area contributed by atoms with Crippen LogP contribution in [0, 0.1) is 0 Å². The Morgan fingerprint density at radius 2 is 1.51 bits per heavy atom. The average molecular weight is 511 g/mol. The molecule has 2 N–H and O–H groups in total. The Bertz CT molecular complexity index is 1440. The molecule has 0 saturated carbocycles. The smallest absolute Gasteiger partial charge is 0.350 e.